The largest absolute Gasteiger partial charge is 0.504 e. The molecule has 0 aromatic heterocycles. The van der Waals surface area contributed by atoms with Crippen LogP contribution < -0.4 is 15.6 Å². The maximum atomic E-state index is 11.2. The number of carbonyl (C=O) groups excluding carboxylic acids is 2. The van der Waals surface area contributed by atoms with E-state index in [-0.39, 0.29) is 5.75 Å². The summed E-state index contributed by atoms with van der Waals surface area (Å²) in [6.07, 6.45) is 0. The molecular weight excluding hydrogens is 240 g/mol. The Morgan fingerprint density at radius 3 is 2.50 bits per heavy atom. The Kier molecular flexibility index (Phi) is 3.09. The van der Waals surface area contributed by atoms with E-state index in [0.29, 0.717) is 11.4 Å². The van der Waals surface area contributed by atoms with E-state index in [9.17, 15) is 14.7 Å². The lowest BCUT2D eigenvalue weighted by atomic mass is 10.3. The topological polar surface area (TPSA) is 112 Å². The van der Waals surface area contributed by atoms with Crippen LogP contribution in [0.4, 0.5) is 5.69 Å². The van der Waals surface area contributed by atoms with Crippen LogP contribution in [-0.4, -0.2) is 30.1 Å². The monoisotopic (exact) mass is 250 g/mol. The van der Waals surface area contributed by atoms with Gasteiger partial charge in [0.1, 0.15) is 0 Å². The minimum absolute atomic E-state index is 0.103. The van der Waals surface area contributed by atoms with Gasteiger partial charge in [0.15, 0.2) is 11.5 Å². The lowest BCUT2D eigenvalue weighted by Gasteiger charge is -2.02. The lowest BCUT2D eigenvalue weighted by molar-refractivity contribution is -0.124. The van der Waals surface area contributed by atoms with Crippen LogP contribution in [0.15, 0.2) is 28.4 Å². The minimum Gasteiger partial charge on any atom is -0.504 e. The molecule has 2 rings (SSSR count). The average Bonchev–Trinajstić information content (AvgIpc) is 2.67. The fourth-order valence-electron chi connectivity index (χ4n) is 1.35. The van der Waals surface area contributed by atoms with E-state index in [1.54, 1.807) is 0 Å². The molecule has 18 heavy (non-hydrogen) atoms. The number of carbonyl (C=O) groups is 2. The molecule has 3 N–H and O–H groups in total. The SMILES string of the molecule is COc1ccc(N=NC2C(=O)NNC2=O)cc1O. The number of methoxy groups -OCH3 is 1. The molecule has 94 valence electrons. The molecule has 1 fully saturated rings. The molecule has 0 spiro atoms. The van der Waals surface area contributed by atoms with Crippen LogP contribution in [0.5, 0.6) is 11.5 Å². The second kappa shape index (κ2) is 4.70. The van der Waals surface area contributed by atoms with Gasteiger partial charge in [-0.15, -0.1) is 0 Å². The maximum absolute atomic E-state index is 11.2. The van der Waals surface area contributed by atoms with Crippen molar-refractivity contribution >= 4 is 17.5 Å². The number of phenols is 1. The van der Waals surface area contributed by atoms with Crippen LogP contribution in [-0.2, 0) is 9.59 Å². The normalized spacial score (nSPS) is 15.8. The summed E-state index contributed by atoms with van der Waals surface area (Å²) in [7, 11) is 1.42. The average molecular weight is 250 g/mol. The highest BCUT2D eigenvalue weighted by Crippen LogP contribution is 2.30. The molecule has 0 unspecified atom stereocenters. The zero-order valence-corrected chi connectivity index (χ0v) is 9.38. The van der Waals surface area contributed by atoms with Gasteiger partial charge in [0.05, 0.1) is 12.8 Å². The number of benzene rings is 1. The molecular formula is C10H10N4O4. The van der Waals surface area contributed by atoms with Gasteiger partial charge >= 0.3 is 0 Å². The van der Waals surface area contributed by atoms with Gasteiger partial charge in [-0.2, -0.15) is 10.2 Å². The zero-order valence-electron chi connectivity index (χ0n) is 9.38. The zero-order chi connectivity index (χ0) is 13.1. The number of hydrazine groups is 1. The molecule has 1 aliphatic rings. The first-order valence-corrected chi connectivity index (χ1v) is 4.99. The predicted octanol–water partition coefficient (Wildman–Crippen LogP) is 0.0141. The van der Waals surface area contributed by atoms with Crippen molar-refractivity contribution in [1.29, 1.82) is 0 Å². The molecule has 0 saturated carbocycles. The smallest absolute Gasteiger partial charge is 0.274 e. The molecule has 1 heterocycles. The third-order valence-corrected chi connectivity index (χ3v) is 2.26. The summed E-state index contributed by atoms with van der Waals surface area (Å²) in [5.41, 5.74) is 4.55. The van der Waals surface area contributed by atoms with E-state index in [0.717, 1.165) is 0 Å². The summed E-state index contributed by atoms with van der Waals surface area (Å²) in [5.74, 6) is -0.942. The van der Waals surface area contributed by atoms with Gasteiger partial charge in [0, 0.05) is 6.07 Å². The number of hydrogen-bond donors (Lipinski definition) is 3. The van der Waals surface area contributed by atoms with Crippen molar-refractivity contribution < 1.29 is 19.4 Å². The van der Waals surface area contributed by atoms with Gasteiger partial charge in [-0.3, -0.25) is 20.4 Å². The highest BCUT2D eigenvalue weighted by molar-refractivity contribution is 6.09. The molecule has 1 saturated heterocycles. The minimum atomic E-state index is -1.20. The molecule has 2 amide bonds. The Hall–Kier alpha value is -2.64. The highest BCUT2D eigenvalue weighted by Gasteiger charge is 2.33. The van der Waals surface area contributed by atoms with E-state index in [2.05, 4.69) is 21.1 Å². The molecule has 8 heteroatoms. The summed E-state index contributed by atoms with van der Waals surface area (Å²) in [4.78, 5) is 22.3. The van der Waals surface area contributed by atoms with Gasteiger partial charge in [-0.1, -0.05) is 0 Å². The number of amides is 2. The van der Waals surface area contributed by atoms with Crippen molar-refractivity contribution in [2.24, 2.45) is 10.2 Å². The first-order valence-electron chi connectivity index (χ1n) is 4.99. The quantitative estimate of drug-likeness (QED) is 0.518. The van der Waals surface area contributed by atoms with E-state index in [1.807, 2.05) is 0 Å². The Bertz CT molecular complexity index is 513. The van der Waals surface area contributed by atoms with Crippen molar-refractivity contribution in [3.8, 4) is 11.5 Å². The second-order valence-corrected chi connectivity index (χ2v) is 3.45. The summed E-state index contributed by atoms with van der Waals surface area (Å²) < 4.78 is 4.86. The fraction of sp³-hybridized carbons (Fsp3) is 0.200. The molecule has 0 radical (unpaired) electrons. The number of hydrogen-bond acceptors (Lipinski definition) is 6. The number of phenolic OH excluding ortho intramolecular Hbond substituents is 1. The molecule has 1 aromatic rings. The number of rotatable bonds is 3. The van der Waals surface area contributed by atoms with Crippen molar-refractivity contribution in [2.75, 3.05) is 7.11 Å². The van der Waals surface area contributed by atoms with Crippen LogP contribution in [0.1, 0.15) is 0 Å². The van der Waals surface area contributed by atoms with E-state index >= 15 is 0 Å². The van der Waals surface area contributed by atoms with Crippen molar-refractivity contribution in [3.05, 3.63) is 18.2 Å². The number of aromatic hydroxyl groups is 1. The fourth-order valence-corrected chi connectivity index (χ4v) is 1.35. The van der Waals surface area contributed by atoms with E-state index < -0.39 is 17.9 Å². The number of ether oxygens (including phenoxy) is 1. The second-order valence-electron chi connectivity index (χ2n) is 3.45. The van der Waals surface area contributed by atoms with Crippen LogP contribution in [0.2, 0.25) is 0 Å². The molecule has 1 aliphatic heterocycles. The summed E-state index contributed by atoms with van der Waals surface area (Å²) in [5, 5.41) is 16.8. The summed E-state index contributed by atoms with van der Waals surface area (Å²) >= 11 is 0. The standard InChI is InChI=1S/C10H10N4O4/c1-18-7-3-2-5(4-6(7)15)11-12-8-9(16)13-14-10(8)17/h2-4,8,15H,1H3,(H,13,16)(H,14,17). The molecule has 1 aromatic carbocycles. The van der Waals surface area contributed by atoms with Crippen LogP contribution >= 0.6 is 0 Å². The first kappa shape index (κ1) is 11.8. The Morgan fingerprint density at radius 2 is 1.94 bits per heavy atom. The molecule has 8 nitrogen and oxygen atoms in total. The molecule has 0 bridgehead atoms. The van der Waals surface area contributed by atoms with Crippen LogP contribution in [0.25, 0.3) is 0 Å². The third kappa shape index (κ3) is 2.21. The van der Waals surface area contributed by atoms with Gasteiger partial charge in [-0.25, -0.2) is 0 Å². The Labute approximate surface area is 102 Å². The van der Waals surface area contributed by atoms with Gasteiger partial charge in [-0.05, 0) is 12.1 Å². The number of nitrogens with one attached hydrogen (secondary N) is 2. The van der Waals surface area contributed by atoms with E-state index in [1.165, 1.54) is 25.3 Å². The molecule has 0 atom stereocenters. The van der Waals surface area contributed by atoms with E-state index in [4.69, 9.17) is 4.74 Å². The predicted molar refractivity (Wildman–Crippen MR) is 59.2 cm³/mol. The van der Waals surface area contributed by atoms with Crippen LogP contribution in [0.3, 0.4) is 0 Å². The van der Waals surface area contributed by atoms with Gasteiger partial charge in [0.2, 0.25) is 6.04 Å². The van der Waals surface area contributed by atoms with Gasteiger partial charge < -0.3 is 9.84 Å². The summed E-state index contributed by atoms with van der Waals surface area (Å²) in [6.45, 7) is 0. The van der Waals surface area contributed by atoms with Crippen molar-refractivity contribution in [3.63, 3.8) is 0 Å². The first-order chi connectivity index (χ1) is 8.61. The highest BCUT2D eigenvalue weighted by atomic mass is 16.5. The third-order valence-electron chi connectivity index (χ3n) is 2.26. The summed E-state index contributed by atoms with van der Waals surface area (Å²) in [6, 6.07) is 3.15. The van der Waals surface area contributed by atoms with Gasteiger partial charge in [0.25, 0.3) is 11.8 Å². The number of azo groups is 1. The molecule has 0 aliphatic carbocycles. The Balaban J connectivity index is 2.16. The van der Waals surface area contributed by atoms with Crippen molar-refractivity contribution in [2.45, 2.75) is 6.04 Å². The Morgan fingerprint density at radius 1 is 1.28 bits per heavy atom. The number of nitrogens with zero attached hydrogens (tertiary/aromatic N) is 2. The van der Waals surface area contributed by atoms with Crippen molar-refractivity contribution in [1.82, 2.24) is 10.9 Å². The lowest BCUT2D eigenvalue weighted by Crippen LogP contribution is -2.28. The maximum Gasteiger partial charge on any atom is 0.274 e. The van der Waals surface area contributed by atoms with Crippen LogP contribution in [0, 0.1) is 0 Å².